The van der Waals surface area contributed by atoms with Crippen molar-refractivity contribution in [1.29, 1.82) is 0 Å². The summed E-state index contributed by atoms with van der Waals surface area (Å²) in [4.78, 5) is 0. The minimum atomic E-state index is -2.49. The molecule has 0 aliphatic carbocycles. The highest BCUT2D eigenvalue weighted by molar-refractivity contribution is 6.71. The van der Waals surface area contributed by atoms with Crippen molar-refractivity contribution in [3.63, 3.8) is 0 Å². The topological polar surface area (TPSA) is 46.2 Å². The van der Waals surface area contributed by atoms with Gasteiger partial charge in [-0.2, -0.15) is 0 Å². The molecule has 1 aliphatic heterocycles. The lowest BCUT2D eigenvalue weighted by molar-refractivity contribution is -0.209. The molecule has 0 N–H and O–H groups in total. The molecular formula is C15H32O5Si. The molecule has 0 aromatic rings. The van der Waals surface area contributed by atoms with Gasteiger partial charge in [0.1, 0.15) is 5.22 Å². The van der Waals surface area contributed by atoms with Crippen molar-refractivity contribution in [2.75, 3.05) is 27.9 Å². The second kappa shape index (κ2) is 8.60. The van der Waals surface area contributed by atoms with Crippen LogP contribution in [0.2, 0.25) is 6.04 Å². The Hall–Kier alpha value is 0.0169. The molecule has 126 valence electrons. The van der Waals surface area contributed by atoms with Crippen molar-refractivity contribution in [2.45, 2.75) is 70.1 Å². The number of hydrogen-bond acceptors (Lipinski definition) is 5. The van der Waals surface area contributed by atoms with Gasteiger partial charge in [0.2, 0.25) is 0 Å². The third-order valence-corrected chi connectivity index (χ3v) is 8.94. The molecule has 21 heavy (non-hydrogen) atoms. The van der Waals surface area contributed by atoms with Crippen LogP contribution in [0, 0.1) is 0 Å². The Balaban J connectivity index is 3.08. The molecule has 0 saturated carbocycles. The molecule has 1 aliphatic rings. The summed E-state index contributed by atoms with van der Waals surface area (Å²) in [5.74, 6) is 0. The molecule has 1 fully saturated rings. The fraction of sp³-hybridized carbons (Fsp3) is 1.00. The number of hydrogen-bond donors (Lipinski definition) is 0. The molecule has 0 aromatic heterocycles. The van der Waals surface area contributed by atoms with E-state index >= 15 is 0 Å². The largest absolute Gasteiger partial charge is 0.396 e. The molecule has 0 spiro atoms. The van der Waals surface area contributed by atoms with E-state index in [-0.39, 0.29) is 12.4 Å². The first kappa shape index (κ1) is 19.1. The molecule has 0 aromatic carbocycles. The molecular weight excluding hydrogens is 288 g/mol. The third-order valence-electron chi connectivity index (χ3n) is 4.54. The van der Waals surface area contributed by atoms with E-state index < -0.39 is 13.8 Å². The zero-order valence-corrected chi connectivity index (χ0v) is 15.4. The molecule has 3 atom stereocenters. The standard InChI is InChI=1S/C15H32O5Si/c1-7-11-15(16-4)14(20-13(3)19-8-2)10-9-12-21(15,17-5)18-6/h13-14H,7-12H2,1-6H3. The summed E-state index contributed by atoms with van der Waals surface area (Å²) in [6.45, 7) is 6.70. The number of rotatable bonds is 9. The monoisotopic (exact) mass is 320 g/mol. The minimum Gasteiger partial charge on any atom is -0.396 e. The summed E-state index contributed by atoms with van der Waals surface area (Å²) in [6.07, 6.45) is 3.56. The van der Waals surface area contributed by atoms with Crippen LogP contribution in [0.5, 0.6) is 0 Å². The Labute approximate surface area is 130 Å². The van der Waals surface area contributed by atoms with Gasteiger partial charge in [-0.05, 0) is 39.2 Å². The van der Waals surface area contributed by atoms with E-state index in [1.807, 2.05) is 13.8 Å². The average Bonchev–Trinajstić information content (AvgIpc) is 2.49. The smallest absolute Gasteiger partial charge is 0.373 e. The highest BCUT2D eigenvalue weighted by atomic mass is 28.4. The van der Waals surface area contributed by atoms with Gasteiger partial charge in [-0.15, -0.1) is 0 Å². The van der Waals surface area contributed by atoms with Gasteiger partial charge in [0, 0.05) is 27.9 Å². The quantitative estimate of drug-likeness (QED) is 0.483. The van der Waals surface area contributed by atoms with Crippen molar-refractivity contribution in [1.82, 2.24) is 0 Å². The SMILES string of the molecule is CCCC1(OC)C(OC(C)OCC)CCC[Si]1(OC)OC. The van der Waals surface area contributed by atoms with E-state index in [0.717, 1.165) is 31.7 Å². The third kappa shape index (κ3) is 3.68. The summed E-state index contributed by atoms with van der Waals surface area (Å²) >= 11 is 0. The second-order valence-electron chi connectivity index (χ2n) is 5.54. The van der Waals surface area contributed by atoms with Crippen molar-refractivity contribution in [3.05, 3.63) is 0 Å². The molecule has 0 radical (unpaired) electrons. The Morgan fingerprint density at radius 2 is 1.86 bits per heavy atom. The van der Waals surface area contributed by atoms with Crippen LogP contribution in [0.4, 0.5) is 0 Å². The van der Waals surface area contributed by atoms with Gasteiger partial charge >= 0.3 is 8.56 Å². The Kier molecular flexibility index (Phi) is 7.81. The van der Waals surface area contributed by atoms with Gasteiger partial charge in [-0.1, -0.05) is 13.3 Å². The summed E-state index contributed by atoms with van der Waals surface area (Å²) in [5.41, 5.74) is 0. The van der Waals surface area contributed by atoms with Gasteiger partial charge in [0.15, 0.2) is 6.29 Å². The van der Waals surface area contributed by atoms with Crippen LogP contribution >= 0.6 is 0 Å². The fourth-order valence-electron chi connectivity index (χ4n) is 3.64. The van der Waals surface area contributed by atoms with E-state index in [9.17, 15) is 0 Å². The number of methoxy groups -OCH3 is 1. The molecule has 1 heterocycles. The molecule has 1 saturated heterocycles. The zero-order chi connectivity index (χ0) is 15.9. The predicted octanol–water partition coefficient (Wildman–Crippen LogP) is 3.01. The van der Waals surface area contributed by atoms with Crippen LogP contribution in [-0.2, 0) is 23.1 Å². The van der Waals surface area contributed by atoms with Crippen LogP contribution < -0.4 is 0 Å². The lowest BCUT2D eigenvalue weighted by atomic mass is 10.0. The average molecular weight is 321 g/mol. The van der Waals surface area contributed by atoms with Crippen molar-refractivity contribution in [2.24, 2.45) is 0 Å². The van der Waals surface area contributed by atoms with Gasteiger partial charge < -0.3 is 23.1 Å². The highest BCUT2D eigenvalue weighted by Gasteiger charge is 2.63. The van der Waals surface area contributed by atoms with Crippen molar-refractivity contribution < 1.29 is 23.1 Å². The number of ether oxygens (including phenoxy) is 3. The maximum absolute atomic E-state index is 6.18. The van der Waals surface area contributed by atoms with Gasteiger partial charge in [-0.3, -0.25) is 0 Å². The molecule has 5 nitrogen and oxygen atoms in total. The summed E-state index contributed by atoms with van der Waals surface area (Å²) in [5, 5.41) is -0.477. The first-order valence-electron chi connectivity index (χ1n) is 7.98. The summed E-state index contributed by atoms with van der Waals surface area (Å²) in [6, 6.07) is 0.941. The lowest BCUT2D eigenvalue weighted by Crippen LogP contribution is -2.71. The van der Waals surface area contributed by atoms with Crippen LogP contribution in [0.3, 0.4) is 0 Å². The predicted molar refractivity (Wildman–Crippen MR) is 84.4 cm³/mol. The van der Waals surface area contributed by atoms with E-state index in [1.165, 1.54) is 0 Å². The van der Waals surface area contributed by atoms with Crippen LogP contribution in [0.1, 0.15) is 46.5 Å². The Morgan fingerprint density at radius 1 is 1.19 bits per heavy atom. The Morgan fingerprint density at radius 3 is 2.33 bits per heavy atom. The molecule has 6 heteroatoms. The van der Waals surface area contributed by atoms with Crippen LogP contribution in [0.15, 0.2) is 0 Å². The van der Waals surface area contributed by atoms with Crippen molar-refractivity contribution in [3.8, 4) is 0 Å². The van der Waals surface area contributed by atoms with E-state index in [0.29, 0.717) is 6.61 Å². The van der Waals surface area contributed by atoms with Crippen LogP contribution in [0.25, 0.3) is 0 Å². The first-order valence-corrected chi connectivity index (χ1v) is 10.0. The normalized spacial score (nSPS) is 30.3. The minimum absolute atomic E-state index is 0.0516. The molecule has 1 rings (SSSR count). The summed E-state index contributed by atoms with van der Waals surface area (Å²) < 4.78 is 29.6. The van der Waals surface area contributed by atoms with Gasteiger partial charge in [0.05, 0.1) is 6.10 Å². The second-order valence-corrected chi connectivity index (χ2v) is 9.21. The zero-order valence-electron chi connectivity index (χ0n) is 14.4. The Bertz CT molecular complexity index is 298. The van der Waals surface area contributed by atoms with E-state index in [1.54, 1.807) is 21.3 Å². The van der Waals surface area contributed by atoms with Crippen molar-refractivity contribution >= 4 is 8.56 Å². The summed E-state index contributed by atoms with van der Waals surface area (Å²) in [7, 11) is 2.75. The van der Waals surface area contributed by atoms with Crippen LogP contribution in [-0.4, -0.2) is 54.1 Å². The molecule has 0 amide bonds. The van der Waals surface area contributed by atoms with E-state index in [4.69, 9.17) is 23.1 Å². The highest BCUT2D eigenvalue weighted by Crippen LogP contribution is 2.44. The lowest BCUT2D eigenvalue weighted by Gasteiger charge is -2.52. The maximum Gasteiger partial charge on any atom is 0.373 e. The molecule has 0 bridgehead atoms. The maximum atomic E-state index is 6.18. The fourth-order valence-corrected chi connectivity index (χ4v) is 7.64. The van der Waals surface area contributed by atoms with E-state index in [2.05, 4.69) is 6.92 Å². The molecule has 3 unspecified atom stereocenters. The van der Waals surface area contributed by atoms with Gasteiger partial charge in [-0.25, -0.2) is 0 Å². The first-order chi connectivity index (χ1) is 10.1. The van der Waals surface area contributed by atoms with Gasteiger partial charge in [0.25, 0.3) is 0 Å².